The SMILES string of the molecule is CN(C)C1CN(C(C)(C)CCN2CC(C(C)(C)C)C2)C1. The fourth-order valence-electron chi connectivity index (χ4n) is 3.17. The van der Waals surface area contributed by atoms with Crippen LogP contribution in [0.3, 0.4) is 0 Å². The van der Waals surface area contributed by atoms with E-state index in [0.717, 1.165) is 12.0 Å². The van der Waals surface area contributed by atoms with Gasteiger partial charge in [-0.25, -0.2) is 0 Å². The van der Waals surface area contributed by atoms with E-state index in [1.54, 1.807) is 0 Å². The van der Waals surface area contributed by atoms with E-state index in [-0.39, 0.29) is 0 Å². The molecule has 0 aliphatic carbocycles. The molecule has 0 aromatic heterocycles. The van der Waals surface area contributed by atoms with Crippen LogP contribution in [0.25, 0.3) is 0 Å². The average molecular weight is 281 g/mol. The van der Waals surface area contributed by atoms with Gasteiger partial charge in [-0.05, 0) is 52.2 Å². The molecule has 0 amide bonds. The molecule has 2 heterocycles. The van der Waals surface area contributed by atoms with Crippen molar-refractivity contribution in [3.05, 3.63) is 0 Å². The van der Waals surface area contributed by atoms with E-state index < -0.39 is 0 Å². The topological polar surface area (TPSA) is 9.72 Å². The Balaban J connectivity index is 1.67. The van der Waals surface area contributed by atoms with Crippen molar-refractivity contribution in [2.45, 2.75) is 52.6 Å². The third-order valence-corrected chi connectivity index (χ3v) is 5.67. The zero-order valence-corrected chi connectivity index (χ0v) is 14.7. The Bertz CT molecular complexity index is 318. The minimum Gasteiger partial charge on any atom is -0.304 e. The quantitative estimate of drug-likeness (QED) is 0.766. The van der Waals surface area contributed by atoms with Gasteiger partial charge in [-0.1, -0.05) is 20.8 Å². The van der Waals surface area contributed by atoms with Gasteiger partial charge >= 0.3 is 0 Å². The molecule has 20 heavy (non-hydrogen) atoms. The van der Waals surface area contributed by atoms with Gasteiger partial charge in [-0.2, -0.15) is 0 Å². The summed E-state index contributed by atoms with van der Waals surface area (Å²) >= 11 is 0. The molecule has 0 spiro atoms. The molecule has 0 saturated carbocycles. The lowest BCUT2D eigenvalue weighted by Crippen LogP contribution is -2.64. The lowest BCUT2D eigenvalue weighted by Gasteiger charge is -2.53. The summed E-state index contributed by atoms with van der Waals surface area (Å²) < 4.78 is 0. The predicted octanol–water partition coefficient (Wildman–Crippen LogP) is 2.38. The zero-order chi connectivity index (χ0) is 15.1. The third-order valence-electron chi connectivity index (χ3n) is 5.67. The minimum atomic E-state index is 0.360. The van der Waals surface area contributed by atoms with Crippen LogP contribution in [-0.2, 0) is 0 Å². The fraction of sp³-hybridized carbons (Fsp3) is 1.00. The molecular formula is C17H35N3. The van der Waals surface area contributed by atoms with Crippen LogP contribution in [0.5, 0.6) is 0 Å². The van der Waals surface area contributed by atoms with E-state index in [1.807, 2.05) is 0 Å². The monoisotopic (exact) mass is 281 g/mol. The molecule has 0 unspecified atom stereocenters. The first-order valence-corrected chi connectivity index (χ1v) is 8.23. The number of likely N-dealkylation sites (tertiary alicyclic amines) is 2. The predicted molar refractivity (Wildman–Crippen MR) is 87.1 cm³/mol. The molecule has 0 radical (unpaired) electrons. The van der Waals surface area contributed by atoms with Crippen molar-refractivity contribution in [3.8, 4) is 0 Å². The van der Waals surface area contributed by atoms with Gasteiger partial charge < -0.3 is 9.80 Å². The maximum Gasteiger partial charge on any atom is 0.0344 e. The Morgan fingerprint density at radius 1 is 0.950 bits per heavy atom. The fourth-order valence-corrected chi connectivity index (χ4v) is 3.17. The van der Waals surface area contributed by atoms with E-state index >= 15 is 0 Å². The van der Waals surface area contributed by atoms with Crippen molar-refractivity contribution in [1.82, 2.24) is 14.7 Å². The van der Waals surface area contributed by atoms with Crippen LogP contribution in [0.2, 0.25) is 0 Å². The number of hydrogen-bond acceptors (Lipinski definition) is 3. The maximum atomic E-state index is 2.65. The standard InChI is InChI=1S/C17H35N3/c1-16(2,3)14-10-19(11-14)9-8-17(4,5)20-12-15(13-20)18(6)7/h14-15H,8-13H2,1-7H3. The Kier molecular flexibility index (Phi) is 4.54. The van der Waals surface area contributed by atoms with Gasteiger partial charge in [-0.3, -0.25) is 4.90 Å². The molecule has 2 rings (SSSR count). The highest BCUT2D eigenvalue weighted by Crippen LogP contribution is 2.34. The Morgan fingerprint density at radius 3 is 1.95 bits per heavy atom. The maximum absolute atomic E-state index is 2.65. The molecule has 2 saturated heterocycles. The van der Waals surface area contributed by atoms with Crippen LogP contribution in [0, 0.1) is 11.3 Å². The second-order valence-corrected chi connectivity index (χ2v) is 8.91. The highest BCUT2D eigenvalue weighted by molar-refractivity contribution is 4.96. The number of hydrogen-bond donors (Lipinski definition) is 0. The molecule has 118 valence electrons. The summed E-state index contributed by atoms with van der Waals surface area (Å²) in [6.07, 6.45) is 1.30. The van der Waals surface area contributed by atoms with Gasteiger partial charge in [0, 0.05) is 37.8 Å². The van der Waals surface area contributed by atoms with Gasteiger partial charge in [-0.15, -0.1) is 0 Å². The summed E-state index contributed by atoms with van der Waals surface area (Å²) in [4.78, 5) is 7.65. The summed E-state index contributed by atoms with van der Waals surface area (Å²) in [7, 11) is 4.39. The lowest BCUT2D eigenvalue weighted by atomic mass is 9.76. The molecule has 0 aromatic rings. The van der Waals surface area contributed by atoms with Gasteiger partial charge in [0.05, 0.1) is 0 Å². The number of nitrogens with zero attached hydrogens (tertiary/aromatic N) is 3. The summed E-state index contributed by atoms with van der Waals surface area (Å²) in [6.45, 7) is 18.3. The van der Waals surface area contributed by atoms with Crippen molar-refractivity contribution in [1.29, 1.82) is 0 Å². The summed E-state index contributed by atoms with van der Waals surface area (Å²) in [6, 6.07) is 0.767. The second kappa shape index (κ2) is 5.58. The first-order valence-electron chi connectivity index (χ1n) is 8.23. The average Bonchev–Trinajstić information content (AvgIpc) is 2.07. The van der Waals surface area contributed by atoms with Crippen molar-refractivity contribution < 1.29 is 0 Å². The number of likely N-dealkylation sites (N-methyl/N-ethyl adjacent to an activating group) is 1. The summed E-state index contributed by atoms with van der Waals surface area (Å²) in [5.74, 6) is 0.896. The van der Waals surface area contributed by atoms with Crippen LogP contribution in [-0.4, -0.2) is 73.1 Å². The Labute approximate surface area is 126 Å². The molecule has 3 nitrogen and oxygen atoms in total. The molecule has 0 atom stereocenters. The van der Waals surface area contributed by atoms with Crippen molar-refractivity contribution >= 4 is 0 Å². The van der Waals surface area contributed by atoms with E-state index in [2.05, 4.69) is 63.4 Å². The van der Waals surface area contributed by atoms with Crippen molar-refractivity contribution in [2.24, 2.45) is 11.3 Å². The smallest absolute Gasteiger partial charge is 0.0344 e. The second-order valence-electron chi connectivity index (χ2n) is 8.91. The molecular weight excluding hydrogens is 246 g/mol. The zero-order valence-electron chi connectivity index (χ0n) is 14.7. The molecule has 0 N–H and O–H groups in total. The number of rotatable bonds is 5. The van der Waals surface area contributed by atoms with Gasteiger partial charge in [0.25, 0.3) is 0 Å². The van der Waals surface area contributed by atoms with Crippen molar-refractivity contribution in [2.75, 3.05) is 46.8 Å². The molecule has 0 bridgehead atoms. The van der Waals surface area contributed by atoms with Gasteiger partial charge in [0.15, 0.2) is 0 Å². The Morgan fingerprint density at radius 2 is 1.50 bits per heavy atom. The molecule has 0 aromatic carbocycles. The molecule has 2 aliphatic rings. The summed E-state index contributed by atoms with van der Waals surface area (Å²) in [5.41, 5.74) is 0.849. The molecule has 2 aliphatic heterocycles. The summed E-state index contributed by atoms with van der Waals surface area (Å²) in [5, 5.41) is 0. The largest absolute Gasteiger partial charge is 0.304 e. The van der Waals surface area contributed by atoms with Crippen LogP contribution in [0.15, 0.2) is 0 Å². The molecule has 2 fully saturated rings. The third kappa shape index (κ3) is 3.55. The van der Waals surface area contributed by atoms with E-state index in [4.69, 9.17) is 0 Å². The minimum absolute atomic E-state index is 0.360. The first-order chi connectivity index (χ1) is 9.09. The highest BCUT2D eigenvalue weighted by atomic mass is 15.3. The van der Waals surface area contributed by atoms with Crippen LogP contribution < -0.4 is 0 Å². The highest BCUT2D eigenvalue weighted by Gasteiger charge is 2.40. The van der Waals surface area contributed by atoms with Crippen LogP contribution >= 0.6 is 0 Å². The van der Waals surface area contributed by atoms with Gasteiger partial charge in [0.1, 0.15) is 0 Å². The van der Waals surface area contributed by atoms with Crippen molar-refractivity contribution in [3.63, 3.8) is 0 Å². The normalized spacial score (nSPS) is 24.0. The molecule has 3 heteroatoms. The van der Waals surface area contributed by atoms with Crippen LogP contribution in [0.4, 0.5) is 0 Å². The van der Waals surface area contributed by atoms with E-state index in [9.17, 15) is 0 Å². The first kappa shape index (κ1) is 16.3. The van der Waals surface area contributed by atoms with Crippen LogP contribution in [0.1, 0.15) is 41.0 Å². The lowest BCUT2D eigenvalue weighted by molar-refractivity contribution is -0.0329. The van der Waals surface area contributed by atoms with E-state index in [0.29, 0.717) is 11.0 Å². The Hall–Kier alpha value is -0.120. The van der Waals surface area contributed by atoms with E-state index in [1.165, 1.54) is 39.1 Å². The van der Waals surface area contributed by atoms with Gasteiger partial charge in [0.2, 0.25) is 0 Å².